The Balaban J connectivity index is 1.74. The molecule has 0 atom stereocenters. The van der Waals surface area contributed by atoms with Crippen LogP contribution in [0, 0.1) is 0 Å². The number of fused-ring (bicyclic) bond motifs is 1. The average molecular weight is 256 g/mol. The first-order chi connectivity index (χ1) is 8.81. The number of benzene rings is 1. The minimum Gasteiger partial charge on any atom is -0.508 e. The van der Waals surface area contributed by atoms with Gasteiger partial charge in [0.25, 0.3) is 0 Å². The molecular weight excluding hydrogens is 244 g/mol. The summed E-state index contributed by atoms with van der Waals surface area (Å²) in [5.74, 6) is 1.12. The van der Waals surface area contributed by atoms with Gasteiger partial charge in [-0.3, -0.25) is 0 Å². The van der Waals surface area contributed by atoms with Crippen molar-refractivity contribution >= 4 is 17.4 Å². The summed E-state index contributed by atoms with van der Waals surface area (Å²) in [4.78, 5) is 5.67. The molecule has 3 aromatic rings. The second-order valence-electron chi connectivity index (χ2n) is 3.98. The number of rotatable bonds is 3. The molecule has 0 aliphatic heterocycles. The van der Waals surface area contributed by atoms with E-state index in [2.05, 4.69) is 4.98 Å². The molecule has 2 aromatic heterocycles. The van der Waals surface area contributed by atoms with E-state index in [1.807, 2.05) is 47.1 Å². The second-order valence-corrected chi connectivity index (χ2v) is 5.03. The average Bonchev–Trinajstić information content (AvgIpc) is 2.81. The summed E-state index contributed by atoms with van der Waals surface area (Å²) >= 11 is 1.71. The minimum absolute atomic E-state index is 0.298. The van der Waals surface area contributed by atoms with Gasteiger partial charge >= 0.3 is 0 Å². The fourth-order valence-electron chi connectivity index (χ4n) is 1.76. The lowest BCUT2D eigenvalue weighted by atomic mass is 10.3. The smallest absolute Gasteiger partial charge is 0.137 e. The van der Waals surface area contributed by atoms with Gasteiger partial charge in [-0.2, -0.15) is 0 Å². The molecule has 0 amide bonds. The first kappa shape index (κ1) is 11.2. The van der Waals surface area contributed by atoms with Gasteiger partial charge in [0.15, 0.2) is 0 Å². The van der Waals surface area contributed by atoms with Crippen LogP contribution in [0.5, 0.6) is 5.75 Å². The Labute approximate surface area is 109 Å². The summed E-state index contributed by atoms with van der Waals surface area (Å²) in [7, 11) is 0. The number of nitrogens with zero attached hydrogens (tertiary/aromatic N) is 2. The predicted molar refractivity (Wildman–Crippen MR) is 72.9 cm³/mol. The molecule has 1 aromatic carbocycles. The monoisotopic (exact) mass is 256 g/mol. The fraction of sp³-hybridized carbons (Fsp3) is 0.0714. The van der Waals surface area contributed by atoms with Crippen molar-refractivity contribution in [1.29, 1.82) is 0 Å². The number of aromatic hydroxyl groups is 1. The van der Waals surface area contributed by atoms with E-state index in [4.69, 9.17) is 0 Å². The Morgan fingerprint density at radius 3 is 2.72 bits per heavy atom. The van der Waals surface area contributed by atoms with Crippen molar-refractivity contribution in [2.75, 3.05) is 0 Å². The van der Waals surface area contributed by atoms with Crippen molar-refractivity contribution < 1.29 is 5.11 Å². The van der Waals surface area contributed by atoms with Gasteiger partial charge in [-0.05, 0) is 36.4 Å². The largest absolute Gasteiger partial charge is 0.508 e. The Hall–Kier alpha value is -1.94. The Morgan fingerprint density at radius 2 is 1.94 bits per heavy atom. The third-order valence-corrected chi connectivity index (χ3v) is 3.68. The first-order valence-electron chi connectivity index (χ1n) is 5.66. The fourth-order valence-corrected chi connectivity index (χ4v) is 2.54. The van der Waals surface area contributed by atoms with E-state index in [0.717, 1.165) is 22.0 Å². The van der Waals surface area contributed by atoms with Gasteiger partial charge in [0, 0.05) is 23.0 Å². The summed E-state index contributed by atoms with van der Waals surface area (Å²) in [6, 6.07) is 13.2. The molecule has 3 nitrogen and oxygen atoms in total. The van der Waals surface area contributed by atoms with Crippen molar-refractivity contribution in [3.63, 3.8) is 0 Å². The molecule has 0 saturated heterocycles. The van der Waals surface area contributed by atoms with Gasteiger partial charge in [-0.1, -0.05) is 6.07 Å². The van der Waals surface area contributed by atoms with Crippen LogP contribution in [0.1, 0.15) is 5.69 Å². The zero-order valence-electron chi connectivity index (χ0n) is 9.65. The van der Waals surface area contributed by atoms with Crippen LogP contribution in [-0.2, 0) is 5.75 Å². The van der Waals surface area contributed by atoms with E-state index in [-0.39, 0.29) is 0 Å². The van der Waals surface area contributed by atoms with Crippen LogP contribution in [0.4, 0.5) is 0 Å². The van der Waals surface area contributed by atoms with E-state index in [1.165, 1.54) is 0 Å². The van der Waals surface area contributed by atoms with E-state index in [0.29, 0.717) is 5.75 Å². The third-order valence-electron chi connectivity index (χ3n) is 2.64. The van der Waals surface area contributed by atoms with Gasteiger partial charge in [-0.25, -0.2) is 4.98 Å². The molecule has 0 unspecified atom stereocenters. The van der Waals surface area contributed by atoms with Crippen molar-refractivity contribution in [1.82, 2.24) is 9.38 Å². The molecular formula is C14H12N2OS. The molecule has 2 heterocycles. The predicted octanol–water partition coefficient (Wildman–Crippen LogP) is 3.33. The van der Waals surface area contributed by atoms with Crippen molar-refractivity contribution in [2.45, 2.75) is 10.6 Å². The van der Waals surface area contributed by atoms with Crippen LogP contribution >= 0.6 is 11.8 Å². The maximum atomic E-state index is 9.21. The van der Waals surface area contributed by atoms with Crippen molar-refractivity contribution in [2.24, 2.45) is 0 Å². The summed E-state index contributed by atoms with van der Waals surface area (Å²) in [6.45, 7) is 0. The summed E-state index contributed by atoms with van der Waals surface area (Å²) in [5.41, 5.74) is 2.03. The number of hydrogen-bond acceptors (Lipinski definition) is 3. The topological polar surface area (TPSA) is 37.5 Å². The molecule has 0 aliphatic carbocycles. The quantitative estimate of drug-likeness (QED) is 0.730. The number of aromatic nitrogens is 2. The summed E-state index contributed by atoms with van der Waals surface area (Å²) < 4.78 is 2.02. The highest BCUT2D eigenvalue weighted by molar-refractivity contribution is 7.98. The minimum atomic E-state index is 0.298. The number of imidazole rings is 1. The highest BCUT2D eigenvalue weighted by Crippen LogP contribution is 2.24. The Bertz CT molecular complexity index is 628. The van der Waals surface area contributed by atoms with E-state index >= 15 is 0 Å². The van der Waals surface area contributed by atoms with E-state index in [1.54, 1.807) is 23.9 Å². The van der Waals surface area contributed by atoms with E-state index in [9.17, 15) is 5.11 Å². The van der Waals surface area contributed by atoms with Gasteiger partial charge < -0.3 is 9.51 Å². The van der Waals surface area contributed by atoms with Crippen LogP contribution in [-0.4, -0.2) is 14.5 Å². The highest BCUT2D eigenvalue weighted by atomic mass is 32.2. The molecule has 1 N–H and O–H groups in total. The standard InChI is InChI=1S/C14H12N2OS/c17-12-4-6-13(7-5-12)18-10-11-9-16-8-2-1-3-14(16)15-11/h1-9,17H,10H2. The van der Waals surface area contributed by atoms with E-state index < -0.39 is 0 Å². The molecule has 18 heavy (non-hydrogen) atoms. The molecule has 90 valence electrons. The molecule has 0 saturated carbocycles. The number of hydrogen-bond donors (Lipinski definition) is 1. The van der Waals surface area contributed by atoms with Crippen molar-refractivity contribution in [3.8, 4) is 5.75 Å². The van der Waals surface area contributed by atoms with Gasteiger partial charge in [0.2, 0.25) is 0 Å². The van der Waals surface area contributed by atoms with Crippen LogP contribution in [0.25, 0.3) is 5.65 Å². The SMILES string of the molecule is Oc1ccc(SCc2cn3ccccc3n2)cc1. The van der Waals surface area contributed by atoms with Crippen LogP contribution in [0.3, 0.4) is 0 Å². The maximum absolute atomic E-state index is 9.21. The molecule has 3 rings (SSSR count). The number of phenols is 1. The zero-order chi connectivity index (χ0) is 12.4. The molecule has 0 aliphatic rings. The summed E-state index contributed by atoms with van der Waals surface area (Å²) in [5, 5.41) is 9.21. The first-order valence-corrected chi connectivity index (χ1v) is 6.64. The molecule has 0 bridgehead atoms. The summed E-state index contributed by atoms with van der Waals surface area (Å²) in [6.07, 6.45) is 4.04. The number of pyridine rings is 1. The highest BCUT2D eigenvalue weighted by Gasteiger charge is 2.02. The molecule has 0 fully saturated rings. The second kappa shape index (κ2) is 4.74. The van der Waals surface area contributed by atoms with Gasteiger partial charge in [0.05, 0.1) is 5.69 Å². The van der Waals surface area contributed by atoms with Crippen LogP contribution in [0.2, 0.25) is 0 Å². The Kier molecular flexibility index (Phi) is 2.94. The van der Waals surface area contributed by atoms with Crippen LogP contribution < -0.4 is 0 Å². The normalized spacial score (nSPS) is 10.9. The lowest BCUT2D eigenvalue weighted by Gasteiger charge is -1.98. The van der Waals surface area contributed by atoms with Crippen LogP contribution in [0.15, 0.2) is 59.8 Å². The molecule has 0 spiro atoms. The molecule has 4 heteroatoms. The maximum Gasteiger partial charge on any atom is 0.137 e. The van der Waals surface area contributed by atoms with Gasteiger partial charge in [0.1, 0.15) is 11.4 Å². The zero-order valence-corrected chi connectivity index (χ0v) is 10.5. The number of thioether (sulfide) groups is 1. The third kappa shape index (κ3) is 2.33. The number of phenolic OH excluding ortho intramolecular Hbond substituents is 1. The Morgan fingerprint density at radius 1 is 1.11 bits per heavy atom. The lowest BCUT2D eigenvalue weighted by Crippen LogP contribution is -1.79. The molecule has 0 radical (unpaired) electrons. The van der Waals surface area contributed by atoms with Crippen molar-refractivity contribution in [3.05, 3.63) is 60.6 Å². The van der Waals surface area contributed by atoms with Gasteiger partial charge in [-0.15, -0.1) is 11.8 Å². The lowest BCUT2D eigenvalue weighted by molar-refractivity contribution is 0.475.